The normalized spacial score (nSPS) is 13.9. The second-order valence-corrected chi connectivity index (χ2v) is 7.74. The molecule has 4 rings (SSSR count). The molecule has 1 fully saturated rings. The molecule has 0 N–H and O–H groups in total. The monoisotopic (exact) mass is 438 g/mol. The second-order valence-electron chi connectivity index (χ2n) is 7.36. The Labute approximate surface area is 185 Å². The Bertz CT molecular complexity index is 1160. The van der Waals surface area contributed by atoms with Gasteiger partial charge in [-0.3, -0.25) is 9.59 Å². The fourth-order valence-corrected chi connectivity index (χ4v) is 3.93. The lowest BCUT2D eigenvalue weighted by atomic mass is 10.1. The number of nitrogens with zero attached hydrogens (tertiary/aromatic N) is 4. The predicted molar refractivity (Wildman–Crippen MR) is 121 cm³/mol. The summed E-state index contributed by atoms with van der Waals surface area (Å²) in [5, 5.41) is 4.42. The quantitative estimate of drug-likeness (QED) is 0.626. The molecule has 1 aliphatic heterocycles. The zero-order chi connectivity index (χ0) is 22.0. The molecule has 1 amide bonds. The topological polar surface area (TPSA) is 67.7 Å². The Balaban J connectivity index is 1.48. The molecule has 1 aliphatic rings. The predicted octanol–water partition coefficient (Wildman–Crippen LogP) is 3.17. The van der Waals surface area contributed by atoms with Crippen LogP contribution in [-0.2, 0) is 0 Å². The summed E-state index contributed by atoms with van der Waals surface area (Å²) in [7, 11) is 1.60. The van der Waals surface area contributed by atoms with Crippen molar-refractivity contribution in [3.63, 3.8) is 0 Å². The second kappa shape index (κ2) is 8.81. The number of para-hydroxylation sites is 1. The molecule has 160 valence electrons. The summed E-state index contributed by atoms with van der Waals surface area (Å²) in [5.41, 5.74) is 2.46. The van der Waals surface area contributed by atoms with Crippen LogP contribution >= 0.6 is 11.6 Å². The van der Waals surface area contributed by atoms with Crippen LogP contribution < -0.4 is 15.2 Å². The Kier molecular flexibility index (Phi) is 5.95. The van der Waals surface area contributed by atoms with Gasteiger partial charge in [0.15, 0.2) is 0 Å². The number of hydrogen-bond acceptors (Lipinski definition) is 5. The Morgan fingerprint density at radius 2 is 1.77 bits per heavy atom. The van der Waals surface area contributed by atoms with Crippen molar-refractivity contribution in [2.75, 3.05) is 38.2 Å². The highest BCUT2D eigenvalue weighted by molar-refractivity contribution is 6.33. The van der Waals surface area contributed by atoms with Crippen molar-refractivity contribution in [1.29, 1.82) is 0 Å². The first-order valence-electron chi connectivity index (χ1n) is 10.0. The number of piperazine rings is 1. The van der Waals surface area contributed by atoms with Crippen molar-refractivity contribution in [3.05, 3.63) is 81.2 Å². The van der Waals surface area contributed by atoms with Gasteiger partial charge in [0.05, 0.1) is 24.7 Å². The van der Waals surface area contributed by atoms with Gasteiger partial charge in [0.25, 0.3) is 11.5 Å². The Hall–Kier alpha value is -3.32. The van der Waals surface area contributed by atoms with Crippen LogP contribution in [0, 0.1) is 6.92 Å². The number of anilines is 1. The van der Waals surface area contributed by atoms with Gasteiger partial charge in [-0.25, -0.2) is 0 Å². The number of methoxy groups -OCH3 is 1. The number of rotatable bonds is 4. The molecule has 0 radical (unpaired) electrons. The molecule has 8 heteroatoms. The van der Waals surface area contributed by atoms with Crippen molar-refractivity contribution in [1.82, 2.24) is 14.7 Å². The first-order valence-corrected chi connectivity index (χ1v) is 10.4. The van der Waals surface area contributed by atoms with Crippen molar-refractivity contribution >= 4 is 23.2 Å². The molecule has 0 unspecified atom stereocenters. The SMILES string of the molecule is COc1cc(C(=O)N2CCN(c3cnn(-c4ccccc4)c(=O)c3Cl)CC2)ccc1C. The fourth-order valence-electron chi connectivity index (χ4n) is 3.68. The molecule has 0 bridgehead atoms. The molecule has 0 atom stereocenters. The molecule has 7 nitrogen and oxygen atoms in total. The summed E-state index contributed by atoms with van der Waals surface area (Å²) >= 11 is 6.42. The van der Waals surface area contributed by atoms with E-state index in [2.05, 4.69) is 5.10 Å². The number of halogens is 1. The smallest absolute Gasteiger partial charge is 0.292 e. The molecule has 1 aromatic heterocycles. The Morgan fingerprint density at radius 3 is 2.45 bits per heavy atom. The molecule has 0 aliphatic carbocycles. The summed E-state index contributed by atoms with van der Waals surface area (Å²) in [6, 6.07) is 14.6. The first kappa shape index (κ1) is 20.9. The van der Waals surface area contributed by atoms with Crippen molar-refractivity contribution in [2.45, 2.75) is 6.92 Å². The summed E-state index contributed by atoms with van der Waals surface area (Å²) in [4.78, 5) is 29.4. The van der Waals surface area contributed by atoms with Gasteiger partial charge in [0, 0.05) is 31.7 Å². The van der Waals surface area contributed by atoms with Crippen molar-refractivity contribution in [3.8, 4) is 11.4 Å². The number of aromatic nitrogens is 2. The summed E-state index contributed by atoms with van der Waals surface area (Å²) in [6.45, 7) is 4.10. The fraction of sp³-hybridized carbons (Fsp3) is 0.261. The molecule has 0 saturated carbocycles. The van der Waals surface area contributed by atoms with Gasteiger partial charge in [-0.2, -0.15) is 9.78 Å². The lowest BCUT2D eigenvalue weighted by molar-refractivity contribution is 0.0746. The molecule has 1 saturated heterocycles. The number of amides is 1. The molecule has 2 heterocycles. The number of aryl methyl sites for hydroxylation is 1. The largest absolute Gasteiger partial charge is 0.496 e. The minimum atomic E-state index is -0.365. The Morgan fingerprint density at radius 1 is 1.06 bits per heavy atom. The van der Waals surface area contributed by atoms with Crippen LogP contribution in [0.5, 0.6) is 5.75 Å². The number of benzene rings is 2. The lowest BCUT2D eigenvalue weighted by Crippen LogP contribution is -2.49. The third-order valence-electron chi connectivity index (χ3n) is 5.46. The molecular formula is C23H23ClN4O3. The van der Waals surface area contributed by atoms with Crippen LogP contribution in [0.2, 0.25) is 5.02 Å². The highest BCUT2D eigenvalue weighted by Crippen LogP contribution is 2.24. The van der Waals surface area contributed by atoms with E-state index in [4.69, 9.17) is 16.3 Å². The van der Waals surface area contributed by atoms with E-state index in [1.807, 2.05) is 42.2 Å². The van der Waals surface area contributed by atoms with Gasteiger partial charge in [-0.1, -0.05) is 35.9 Å². The van der Waals surface area contributed by atoms with Crippen LogP contribution in [0.15, 0.2) is 59.5 Å². The number of hydrogen-bond donors (Lipinski definition) is 0. The van der Waals surface area contributed by atoms with Gasteiger partial charge in [-0.15, -0.1) is 0 Å². The number of carbonyl (C=O) groups excluding carboxylic acids is 1. The van der Waals surface area contributed by atoms with Crippen LogP contribution in [0.1, 0.15) is 15.9 Å². The zero-order valence-corrected chi connectivity index (χ0v) is 18.2. The number of ether oxygens (including phenoxy) is 1. The molecular weight excluding hydrogens is 416 g/mol. The first-order chi connectivity index (χ1) is 15.0. The van der Waals surface area contributed by atoms with Gasteiger partial charge in [0.2, 0.25) is 0 Å². The minimum absolute atomic E-state index is 0.0401. The van der Waals surface area contributed by atoms with Crippen LogP contribution in [0.4, 0.5) is 5.69 Å². The van der Waals surface area contributed by atoms with Gasteiger partial charge in [0.1, 0.15) is 10.8 Å². The van der Waals surface area contributed by atoms with Gasteiger partial charge in [-0.05, 0) is 36.8 Å². The summed E-state index contributed by atoms with van der Waals surface area (Å²) in [5.74, 6) is 0.656. The lowest BCUT2D eigenvalue weighted by Gasteiger charge is -2.36. The maximum absolute atomic E-state index is 12.9. The van der Waals surface area contributed by atoms with Crippen LogP contribution in [-0.4, -0.2) is 53.9 Å². The van der Waals surface area contributed by atoms with E-state index in [0.717, 1.165) is 5.56 Å². The molecule has 3 aromatic rings. The standard InChI is InChI=1S/C23H23ClN4O3/c1-16-8-9-17(14-20(16)31-2)22(29)27-12-10-26(11-13-27)19-15-25-28(23(30)21(19)24)18-6-4-3-5-7-18/h3-9,14-15H,10-13H2,1-2H3. The average molecular weight is 439 g/mol. The molecule has 2 aromatic carbocycles. The highest BCUT2D eigenvalue weighted by Gasteiger charge is 2.25. The van der Waals surface area contributed by atoms with E-state index in [-0.39, 0.29) is 16.5 Å². The van der Waals surface area contributed by atoms with Gasteiger partial charge >= 0.3 is 0 Å². The van der Waals surface area contributed by atoms with E-state index >= 15 is 0 Å². The molecule has 0 spiro atoms. The highest BCUT2D eigenvalue weighted by atomic mass is 35.5. The summed E-state index contributed by atoms with van der Waals surface area (Å²) < 4.78 is 6.62. The zero-order valence-electron chi connectivity index (χ0n) is 17.4. The maximum Gasteiger partial charge on any atom is 0.292 e. The number of carbonyl (C=O) groups is 1. The van der Waals surface area contributed by atoms with Crippen molar-refractivity contribution in [2.24, 2.45) is 0 Å². The van der Waals surface area contributed by atoms with E-state index in [0.29, 0.717) is 48.9 Å². The third kappa shape index (κ3) is 4.14. The van der Waals surface area contributed by atoms with Crippen LogP contribution in [0.3, 0.4) is 0 Å². The summed E-state index contributed by atoms with van der Waals surface area (Å²) in [6.07, 6.45) is 1.61. The van der Waals surface area contributed by atoms with Crippen molar-refractivity contribution < 1.29 is 9.53 Å². The maximum atomic E-state index is 12.9. The van der Waals surface area contributed by atoms with E-state index < -0.39 is 0 Å². The third-order valence-corrected chi connectivity index (χ3v) is 5.82. The van der Waals surface area contributed by atoms with E-state index in [1.165, 1.54) is 4.68 Å². The van der Waals surface area contributed by atoms with E-state index in [1.54, 1.807) is 36.4 Å². The van der Waals surface area contributed by atoms with E-state index in [9.17, 15) is 9.59 Å². The minimum Gasteiger partial charge on any atom is -0.496 e. The van der Waals surface area contributed by atoms with Gasteiger partial charge < -0.3 is 14.5 Å². The average Bonchev–Trinajstić information content (AvgIpc) is 2.81. The van der Waals surface area contributed by atoms with Crippen LogP contribution in [0.25, 0.3) is 5.69 Å². The molecule has 31 heavy (non-hydrogen) atoms.